The van der Waals surface area contributed by atoms with Gasteiger partial charge in [0.25, 0.3) is 5.91 Å². The summed E-state index contributed by atoms with van der Waals surface area (Å²) < 4.78 is 0. The molecule has 0 fully saturated rings. The molecule has 2 amide bonds. The number of hydrogen-bond acceptors (Lipinski definition) is 3. The zero-order valence-corrected chi connectivity index (χ0v) is 13.3. The van der Waals surface area contributed by atoms with E-state index >= 15 is 0 Å². The summed E-state index contributed by atoms with van der Waals surface area (Å²) in [5.74, 6) is -0.261. The molecule has 1 rings (SSSR count). The molecule has 0 saturated heterocycles. The first-order valence-electron chi connectivity index (χ1n) is 6.54. The molecule has 0 saturated carbocycles. The fraction of sp³-hybridized carbons (Fsp3) is 0.429. The molecule has 0 heterocycles. The molecule has 0 spiro atoms. The van der Waals surface area contributed by atoms with Crippen molar-refractivity contribution in [1.29, 1.82) is 0 Å². The predicted octanol–water partition coefficient (Wildman–Crippen LogP) is 2.62. The number of hydrogen-bond donors (Lipinski definition) is 2. The molecule has 0 aliphatic heterocycles. The van der Waals surface area contributed by atoms with Gasteiger partial charge in [0.2, 0.25) is 5.91 Å². The van der Waals surface area contributed by atoms with E-state index < -0.39 is 0 Å². The van der Waals surface area contributed by atoms with Crippen LogP contribution in [0.1, 0.15) is 30.6 Å². The standard InChI is InChI=1S/C14H19ClN2O2S/c1-3-17(4-2)13(18)7-8-16-14(19)11-9-10(20)5-6-12(11)15/h5-6,9,20H,3-4,7-8H2,1-2H3,(H,16,19). The lowest BCUT2D eigenvalue weighted by molar-refractivity contribution is -0.130. The molecule has 20 heavy (non-hydrogen) atoms. The number of thiol groups is 1. The van der Waals surface area contributed by atoms with E-state index in [-0.39, 0.29) is 18.2 Å². The Hall–Kier alpha value is -1.20. The van der Waals surface area contributed by atoms with Gasteiger partial charge in [0.15, 0.2) is 0 Å². The van der Waals surface area contributed by atoms with Crippen molar-refractivity contribution in [3.63, 3.8) is 0 Å². The van der Waals surface area contributed by atoms with Crippen molar-refractivity contribution in [2.24, 2.45) is 0 Å². The topological polar surface area (TPSA) is 49.4 Å². The summed E-state index contributed by atoms with van der Waals surface area (Å²) in [6, 6.07) is 4.94. The minimum Gasteiger partial charge on any atom is -0.351 e. The zero-order valence-electron chi connectivity index (χ0n) is 11.6. The highest BCUT2D eigenvalue weighted by Gasteiger charge is 2.12. The van der Waals surface area contributed by atoms with Crippen LogP contribution in [-0.2, 0) is 4.79 Å². The summed E-state index contributed by atoms with van der Waals surface area (Å²) in [6.45, 7) is 5.50. The molecule has 0 aliphatic rings. The number of nitrogens with one attached hydrogen (secondary N) is 1. The van der Waals surface area contributed by atoms with Crippen LogP contribution in [0.3, 0.4) is 0 Å². The second kappa shape index (κ2) is 8.17. The second-order valence-corrected chi connectivity index (χ2v) is 5.16. The maximum Gasteiger partial charge on any atom is 0.252 e. The van der Waals surface area contributed by atoms with Gasteiger partial charge in [-0.05, 0) is 32.0 Å². The van der Waals surface area contributed by atoms with Crippen LogP contribution < -0.4 is 5.32 Å². The van der Waals surface area contributed by atoms with Crippen LogP contribution in [0, 0.1) is 0 Å². The molecule has 0 aromatic heterocycles. The van der Waals surface area contributed by atoms with E-state index in [1.165, 1.54) is 0 Å². The number of halogens is 1. The molecule has 4 nitrogen and oxygen atoms in total. The second-order valence-electron chi connectivity index (χ2n) is 4.24. The lowest BCUT2D eigenvalue weighted by Crippen LogP contribution is -2.34. The number of amides is 2. The highest BCUT2D eigenvalue weighted by molar-refractivity contribution is 7.80. The molecule has 110 valence electrons. The largest absolute Gasteiger partial charge is 0.351 e. The van der Waals surface area contributed by atoms with Crippen molar-refractivity contribution >= 4 is 36.0 Å². The zero-order chi connectivity index (χ0) is 15.1. The molecule has 0 unspecified atom stereocenters. The summed E-state index contributed by atoms with van der Waals surface area (Å²) in [5, 5.41) is 3.07. The first-order valence-corrected chi connectivity index (χ1v) is 7.36. The number of nitrogens with zero attached hydrogens (tertiary/aromatic N) is 1. The monoisotopic (exact) mass is 314 g/mol. The summed E-state index contributed by atoms with van der Waals surface area (Å²) in [7, 11) is 0. The van der Waals surface area contributed by atoms with Gasteiger partial charge in [0, 0.05) is 31.0 Å². The molecule has 0 atom stereocenters. The SMILES string of the molecule is CCN(CC)C(=O)CCNC(=O)c1cc(S)ccc1Cl. The van der Waals surface area contributed by atoms with Gasteiger partial charge >= 0.3 is 0 Å². The van der Waals surface area contributed by atoms with Gasteiger partial charge in [-0.15, -0.1) is 12.6 Å². The quantitative estimate of drug-likeness (QED) is 0.793. The van der Waals surface area contributed by atoms with E-state index in [0.717, 1.165) is 0 Å². The molecule has 1 N–H and O–H groups in total. The fourth-order valence-corrected chi connectivity index (χ4v) is 2.21. The van der Waals surface area contributed by atoms with Crippen LogP contribution in [0.5, 0.6) is 0 Å². The van der Waals surface area contributed by atoms with Gasteiger partial charge < -0.3 is 10.2 Å². The Labute approximate surface area is 129 Å². The summed E-state index contributed by atoms with van der Waals surface area (Å²) in [5.41, 5.74) is 0.370. The van der Waals surface area contributed by atoms with Gasteiger partial charge in [0.1, 0.15) is 0 Å². The van der Waals surface area contributed by atoms with Crippen LogP contribution >= 0.6 is 24.2 Å². The minimum atomic E-state index is -0.293. The lowest BCUT2D eigenvalue weighted by atomic mass is 10.2. The van der Waals surface area contributed by atoms with Crippen LogP contribution in [-0.4, -0.2) is 36.3 Å². The fourth-order valence-electron chi connectivity index (χ4n) is 1.80. The Bertz CT molecular complexity index is 490. The Morgan fingerprint density at radius 2 is 1.95 bits per heavy atom. The normalized spacial score (nSPS) is 10.2. The van der Waals surface area contributed by atoms with Crippen molar-refractivity contribution in [2.45, 2.75) is 25.2 Å². The van der Waals surface area contributed by atoms with E-state index in [9.17, 15) is 9.59 Å². The lowest BCUT2D eigenvalue weighted by Gasteiger charge is -2.18. The Morgan fingerprint density at radius 3 is 2.55 bits per heavy atom. The first-order chi connectivity index (χ1) is 9.49. The van der Waals surface area contributed by atoms with Crippen molar-refractivity contribution in [2.75, 3.05) is 19.6 Å². The van der Waals surface area contributed by atoms with E-state index in [0.29, 0.717) is 35.1 Å². The number of benzene rings is 1. The van der Waals surface area contributed by atoms with Gasteiger partial charge in [0.05, 0.1) is 10.6 Å². The molecule has 1 aromatic rings. The highest BCUT2D eigenvalue weighted by Crippen LogP contribution is 2.19. The number of rotatable bonds is 6. The Kier molecular flexibility index (Phi) is 6.88. The average molecular weight is 315 g/mol. The van der Waals surface area contributed by atoms with E-state index in [1.807, 2.05) is 13.8 Å². The third-order valence-corrected chi connectivity index (χ3v) is 3.54. The van der Waals surface area contributed by atoms with E-state index in [1.54, 1.807) is 23.1 Å². The third-order valence-electron chi connectivity index (χ3n) is 2.94. The number of carbonyl (C=O) groups is 2. The van der Waals surface area contributed by atoms with Crippen molar-refractivity contribution in [3.8, 4) is 0 Å². The summed E-state index contributed by atoms with van der Waals surface area (Å²) in [4.78, 5) is 26.1. The van der Waals surface area contributed by atoms with E-state index in [4.69, 9.17) is 11.6 Å². The van der Waals surface area contributed by atoms with Crippen molar-refractivity contribution in [3.05, 3.63) is 28.8 Å². The van der Waals surface area contributed by atoms with Gasteiger partial charge in [-0.2, -0.15) is 0 Å². The Morgan fingerprint density at radius 1 is 1.30 bits per heavy atom. The molecular weight excluding hydrogens is 296 g/mol. The smallest absolute Gasteiger partial charge is 0.252 e. The maximum absolute atomic E-state index is 12.0. The molecule has 0 aliphatic carbocycles. The maximum atomic E-state index is 12.0. The molecule has 6 heteroatoms. The van der Waals surface area contributed by atoms with Gasteiger partial charge in [-0.3, -0.25) is 9.59 Å². The molecule has 0 radical (unpaired) electrons. The van der Waals surface area contributed by atoms with Gasteiger partial charge in [-0.25, -0.2) is 0 Å². The Balaban J connectivity index is 2.52. The van der Waals surface area contributed by atoms with Crippen molar-refractivity contribution < 1.29 is 9.59 Å². The summed E-state index contributed by atoms with van der Waals surface area (Å²) in [6.07, 6.45) is 0.283. The highest BCUT2D eigenvalue weighted by atomic mass is 35.5. The first kappa shape index (κ1) is 16.9. The average Bonchev–Trinajstić information content (AvgIpc) is 2.42. The van der Waals surface area contributed by atoms with E-state index in [2.05, 4.69) is 17.9 Å². The summed E-state index contributed by atoms with van der Waals surface area (Å²) >= 11 is 10.1. The van der Waals surface area contributed by atoms with Crippen LogP contribution in [0.25, 0.3) is 0 Å². The molecule has 0 bridgehead atoms. The van der Waals surface area contributed by atoms with Crippen LogP contribution in [0.4, 0.5) is 0 Å². The molecule has 1 aromatic carbocycles. The molecular formula is C14H19ClN2O2S. The van der Waals surface area contributed by atoms with Crippen molar-refractivity contribution in [1.82, 2.24) is 10.2 Å². The minimum absolute atomic E-state index is 0.0318. The van der Waals surface area contributed by atoms with Crippen LogP contribution in [0.2, 0.25) is 5.02 Å². The van der Waals surface area contributed by atoms with Gasteiger partial charge in [-0.1, -0.05) is 11.6 Å². The number of carbonyl (C=O) groups excluding carboxylic acids is 2. The third kappa shape index (κ3) is 4.72. The predicted molar refractivity (Wildman–Crippen MR) is 83.6 cm³/mol. The van der Waals surface area contributed by atoms with Crippen LogP contribution in [0.15, 0.2) is 23.1 Å².